The van der Waals surface area contributed by atoms with Crippen LogP contribution in [0.2, 0.25) is 0 Å². The van der Waals surface area contributed by atoms with Crippen LogP contribution < -0.4 is 10.1 Å². The smallest absolute Gasteiger partial charge is 0.280 e. The number of methoxy groups -OCH3 is 1. The van der Waals surface area contributed by atoms with E-state index in [2.05, 4.69) is 20.4 Å². The fourth-order valence-corrected chi connectivity index (χ4v) is 5.86. The second kappa shape index (κ2) is 13.9. The van der Waals surface area contributed by atoms with Crippen LogP contribution in [-0.2, 0) is 28.9 Å². The van der Waals surface area contributed by atoms with E-state index in [1.54, 1.807) is 12.3 Å². The Morgan fingerprint density at radius 1 is 1.23 bits per heavy atom. The minimum atomic E-state index is -3.50. The number of carbonyl (C=O) groups is 1. The van der Waals surface area contributed by atoms with Crippen LogP contribution in [0, 0.1) is 0 Å². The first kappa shape index (κ1) is 29.8. The van der Waals surface area contributed by atoms with Gasteiger partial charge in [0, 0.05) is 44.5 Å². The maximum absolute atomic E-state index is 13.4. The summed E-state index contributed by atoms with van der Waals surface area (Å²) in [7, 11) is 1.94. The van der Waals surface area contributed by atoms with Gasteiger partial charge in [0.25, 0.3) is 5.91 Å². The number of nitrogens with zero attached hydrogens (tertiary/aromatic N) is 4. The Kier molecular flexibility index (Phi) is 10.4. The molecule has 0 radical (unpaired) electrons. The summed E-state index contributed by atoms with van der Waals surface area (Å²) in [6.07, 6.45) is 2.38. The lowest BCUT2D eigenvalue weighted by Gasteiger charge is -2.11. The largest absolute Gasteiger partial charge is 0.490 e. The van der Waals surface area contributed by atoms with E-state index in [-0.39, 0.29) is 22.5 Å². The van der Waals surface area contributed by atoms with Gasteiger partial charge in [-0.1, -0.05) is 28.6 Å². The van der Waals surface area contributed by atoms with Crippen molar-refractivity contribution in [2.45, 2.75) is 23.8 Å². The first-order valence-electron chi connectivity index (χ1n) is 12.7. The molecule has 3 heterocycles. The molecule has 1 atom stereocenters. The number of sulfone groups is 1. The molecule has 1 N–H and O–H groups in total. The second-order valence-corrected chi connectivity index (χ2v) is 12.4. The Morgan fingerprint density at radius 2 is 2.02 bits per heavy atom. The molecule has 2 aromatic heterocycles. The number of nitrogens with one attached hydrogen (secondary N) is 1. The van der Waals surface area contributed by atoms with Gasteiger partial charge in [-0.15, -0.1) is 0 Å². The van der Waals surface area contributed by atoms with E-state index in [1.165, 1.54) is 42.7 Å². The van der Waals surface area contributed by atoms with Gasteiger partial charge < -0.3 is 23.9 Å². The van der Waals surface area contributed by atoms with Gasteiger partial charge in [0.1, 0.15) is 22.7 Å². The molecule has 0 saturated carbocycles. The predicted molar refractivity (Wildman–Crippen MR) is 152 cm³/mol. The molecule has 14 heteroatoms. The van der Waals surface area contributed by atoms with Crippen molar-refractivity contribution in [2.24, 2.45) is 5.16 Å². The Labute approximate surface area is 237 Å². The maximum atomic E-state index is 13.4. The predicted octanol–water partition coefficient (Wildman–Crippen LogP) is 2.59. The molecule has 0 unspecified atom stereocenters. The van der Waals surface area contributed by atoms with Crippen molar-refractivity contribution in [3.63, 3.8) is 0 Å². The number of benzene rings is 1. The molecule has 12 nitrogen and oxygen atoms in total. The molecule has 4 rings (SSSR count). The minimum Gasteiger partial charge on any atom is -0.490 e. The molecule has 3 aromatic rings. The van der Waals surface area contributed by atoms with E-state index >= 15 is 0 Å². The summed E-state index contributed by atoms with van der Waals surface area (Å²) in [5.41, 5.74) is 0.909. The molecule has 0 aliphatic carbocycles. The highest BCUT2D eigenvalue weighted by Gasteiger charge is 2.23. The fourth-order valence-electron chi connectivity index (χ4n) is 3.76. The van der Waals surface area contributed by atoms with Crippen LogP contribution in [0.4, 0.5) is 5.13 Å². The first-order chi connectivity index (χ1) is 19.3. The summed E-state index contributed by atoms with van der Waals surface area (Å²) in [5.74, 6) is -0.0353. The van der Waals surface area contributed by atoms with E-state index in [0.717, 1.165) is 6.54 Å². The average molecular weight is 592 g/mol. The third-order valence-corrected chi connectivity index (χ3v) is 8.62. The van der Waals surface area contributed by atoms with Crippen molar-refractivity contribution in [3.8, 4) is 5.75 Å². The van der Waals surface area contributed by atoms with Crippen LogP contribution in [0.15, 0.2) is 46.6 Å². The van der Waals surface area contributed by atoms with E-state index in [1.807, 2.05) is 19.0 Å². The van der Waals surface area contributed by atoms with Crippen LogP contribution in [0.5, 0.6) is 5.75 Å². The van der Waals surface area contributed by atoms with Crippen molar-refractivity contribution in [2.75, 3.05) is 65.2 Å². The van der Waals surface area contributed by atoms with Crippen LogP contribution in [0.3, 0.4) is 0 Å². The van der Waals surface area contributed by atoms with Crippen LogP contribution in [0.1, 0.15) is 18.4 Å². The summed E-state index contributed by atoms with van der Waals surface area (Å²) in [6.45, 7) is 2.48. The van der Waals surface area contributed by atoms with Gasteiger partial charge in [0.2, 0.25) is 0 Å². The molecular weight excluding hydrogens is 558 g/mol. The molecule has 0 bridgehead atoms. The van der Waals surface area contributed by atoms with Crippen molar-refractivity contribution in [1.82, 2.24) is 14.9 Å². The number of oxime groups is 1. The zero-order valence-electron chi connectivity index (χ0n) is 22.7. The van der Waals surface area contributed by atoms with Crippen molar-refractivity contribution in [1.29, 1.82) is 0 Å². The monoisotopic (exact) mass is 591 g/mol. The number of carbonyl (C=O) groups excluding carboxylic acids is 1. The van der Waals surface area contributed by atoms with E-state index < -0.39 is 15.7 Å². The SMILES string of the molecule is COCCCS(=O)(=O)c1ccc(/C(=N\O[C@@H]2CCOC2)C(=O)Nc2nc3c(OCCN(C)C)ccnc3s2)cc1. The maximum Gasteiger partial charge on any atom is 0.280 e. The highest BCUT2D eigenvalue weighted by atomic mass is 32.2. The third kappa shape index (κ3) is 7.95. The number of anilines is 1. The molecule has 1 aliphatic heterocycles. The number of rotatable bonds is 14. The van der Waals surface area contributed by atoms with Gasteiger partial charge in [-0.3, -0.25) is 10.1 Å². The molecule has 216 valence electrons. The average Bonchev–Trinajstić information content (AvgIpc) is 3.59. The van der Waals surface area contributed by atoms with Gasteiger partial charge in [0.05, 0.1) is 23.9 Å². The van der Waals surface area contributed by atoms with Gasteiger partial charge in [-0.05, 0) is 32.6 Å². The lowest BCUT2D eigenvalue weighted by Crippen LogP contribution is -2.25. The zero-order valence-corrected chi connectivity index (χ0v) is 24.3. The molecule has 1 amide bonds. The van der Waals surface area contributed by atoms with E-state index in [4.69, 9.17) is 19.0 Å². The number of likely N-dealkylation sites (N-methyl/N-ethyl adjacent to an activating group) is 1. The summed E-state index contributed by atoms with van der Waals surface area (Å²) >= 11 is 1.20. The van der Waals surface area contributed by atoms with Gasteiger partial charge >= 0.3 is 0 Å². The molecule has 1 saturated heterocycles. The standard InChI is InChI=1S/C26H33N5O7S2/c1-31(2)12-15-37-21-9-11-27-25-23(21)28-26(39-25)29-24(32)22(30-38-19-10-14-36-17-19)18-5-7-20(8-6-18)40(33,34)16-4-13-35-3/h5-9,11,19H,4,10,12-17H2,1-3H3,(H,28,29,32)/b30-22+/t19-/m1/s1. The van der Waals surface area contributed by atoms with Gasteiger partial charge in [0.15, 0.2) is 26.8 Å². The van der Waals surface area contributed by atoms with Crippen molar-refractivity contribution in [3.05, 3.63) is 42.1 Å². The number of fused-ring (bicyclic) bond motifs is 1. The fraction of sp³-hybridized carbons (Fsp3) is 0.462. The quantitative estimate of drug-likeness (QED) is 0.169. The van der Waals surface area contributed by atoms with E-state index in [9.17, 15) is 13.2 Å². The third-order valence-electron chi connectivity index (χ3n) is 5.92. The van der Waals surface area contributed by atoms with Gasteiger partial charge in [-0.25, -0.2) is 18.4 Å². The number of ether oxygens (including phenoxy) is 3. The van der Waals surface area contributed by atoms with Crippen LogP contribution >= 0.6 is 11.3 Å². The summed E-state index contributed by atoms with van der Waals surface area (Å²) in [6, 6.07) is 7.72. The topological polar surface area (TPSA) is 142 Å². The Bertz CT molecular complexity index is 1420. The second-order valence-electron chi connectivity index (χ2n) is 9.31. The number of pyridine rings is 1. The normalized spacial score (nSPS) is 16.0. The minimum absolute atomic E-state index is 0.0232. The number of aromatic nitrogens is 2. The summed E-state index contributed by atoms with van der Waals surface area (Å²) in [4.78, 5) is 30.6. The van der Waals surface area contributed by atoms with Crippen LogP contribution in [0.25, 0.3) is 10.3 Å². The molecule has 1 aromatic carbocycles. The lowest BCUT2D eigenvalue weighted by atomic mass is 10.1. The zero-order chi connectivity index (χ0) is 28.5. The number of hydrogen-bond donors (Lipinski definition) is 1. The van der Waals surface area contributed by atoms with Crippen molar-refractivity contribution >= 4 is 48.3 Å². The highest BCUT2D eigenvalue weighted by molar-refractivity contribution is 7.91. The summed E-state index contributed by atoms with van der Waals surface area (Å²) in [5, 5.41) is 7.23. The number of thiazole rings is 1. The Hall–Kier alpha value is -3.17. The van der Waals surface area contributed by atoms with Crippen LogP contribution in [-0.4, -0.2) is 101 Å². The molecule has 1 aliphatic rings. The molecule has 40 heavy (non-hydrogen) atoms. The Morgan fingerprint density at radius 3 is 2.73 bits per heavy atom. The first-order valence-corrected chi connectivity index (χ1v) is 15.2. The van der Waals surface area contributed by atoms with E-state index in [0.29, 0.717) is 66.1 Å². The molecule has 1 fully saturated rings. The lowest BCUT2D eigenvalue weighted by molar-refractivity contribution is -0.110. The summed E-state index contributed by atoms with van der Waals surface area (Å²) < 4.78 is 41.4. The molecular formula is C26H33N5O7S2. The number of hydrogen-bond acceptors (Lipinski definition) is 12. The Balaban J connectivity index is 1.55. The number of amides is 1. The van der Waals surface area contributed by atoms with Crippen molar-refractivity contribution < 1.29 is 32.3 Å². The highest BCUT2D eigenvalue weighted by Crippen LogP contribution is 2.30. The molecule has 0 spiro atoms. The van der Waals surface area contributed by atoms with Gasteiger partial charge in [-0.2, -0.15) is 0 Å².